The molecule has 2 unspecified atom stereocenters. The molecule has 0 heterocycles. The van der Waals surface area contributed by atoms with E-state index in [0.29, 0.717) is 0 Å². The topological polar surface area (TPSA) is 88.1 Å². The first-order valence-corrected chi connectivity index (χ1v) is 7.62. The number of rotatable bonds is 7. The van der Waals surface area contributed by atoms with Crippen molar-refractivity contribution >= 4 is 19.5 Å². The minimum Gasteiger partial charge on any atom is -0.469 e. The van der Waals surface area contributed by atoms with E-state index in [1.54, 1.807) is 13.8 Å². The van der Waals surface area contributed by atoms with Crippen molar-refractivity contribution in [2.24, 2.45) is 11.8 Å². The van der Waals surface area contributed by atoms with Gasteiger partial charge in [-0.25, -0.2) is 0 Å². The second-order valence-corrected chi connectivity index (χ2v) is 6.16. The van der Waals surface area contributed by atoms with E-state index in [0.717, 1.165) is 0 Å². The number of hydrogen-bond donors (Lipinski definition) is 0. The van der Waals surface area contributed by atoms with E-state index in [-0.39, 0.29) is 13.2 Å². The highest BCUT2D eigenvalue weighted by molar-refractivity contribution is 7.55. The Morgan fingerprint density at radius 1 is 0.947 bits per heavy atom. The Balaban J connectivity index is 2.97. The highest BCUT2D eigenvalue weighted by Crippen LogP contribution is 2.68. The van der Waals surface area contributed by atoms with Crippen molar-refractivity contribution in [3.8, 4) is 0 Å². The molecule has 0 amide bonds. The van der Waals surface area contributed by atoms with E-state index in [1.165, 1.54) is 14.2 Å². The van der Waals surface area contributed by atoms with Crippen molar-refractivity contribution in [1.82, 2.24) is 0 Å². The van der Waals surface area contributed by atoms with E-state index in [2.05, 4.69) is 9.47 Å². The van der Waals surface area contributed by atoms with Gasteiger partial charge in [0, 0.05) is 0 Å². The van der Waals surface area contributed by atoms with Crippen LogP contribution >= 0.6 is 7.60 Å². The molecule has 1 fully saturated rings. The maximum Gasteiger partial charge on any atom is 0.335 e. The Morgan fingerprint density at radius 2 is 1.32 bits per heavy atom. The van der Waals surface area contributed by atoms with Gasteiger partial charge in [0.15, 0.2) is 0 Å². The standard InChI is InChI=1S/C11H19O7P/c1-5-17-19(14,18-6-2)9-7(10(12)15-3)8(9)11(13)16-4/h7-9H,5-6H2,1-4H3. The molecule has 0 aromatic heterocycles. The second-order valence-electron chi connectivity index (χ2n) is 3.96. The van der Waals surface area contributed by atoms with Gasteiger partial charge in [-0.2, -0.15) is 0 Å². The zero-order valence-electron chi connectivity index (χ0n) is 11.5. The van der Waals surface area contributed by atoms with Crippen molar-refractivity contribution in [3.05, 3.63) is 0 Å². The van der Waals surface area contributed by atoms with E-state index in [9.17, 15) is 14.2 Å². The number of esters is 2. The smallest absolute Gasteiger partial charge is 0.335 e. The van der Waals surface area contributed by atoms with Crippen LogP contribution < -0.4 is 0 Å². The quantitative estimate of drug-likeness (QED) is 0.515. The normalized spacial score (nSPS) is 25.8. The summed E-state index contributed by atoms with van der Waals surface area (Å²) in [6.45, 7) is 3.65. The predicted molar refractivity (Wildman–Crippen MR) is 65.7 cm³/mol. The summed E-state index contributed by atoms with van der Waals surface area (Å²) in [6.07, 6.45) is 0. The highest BCUT2D eigenvalue weighted by atomic mass is 31.2. The molecule has 0 aromatic rings. The van der Waals surface area contributed by atoms with Gasteiger partial charge in [0.1, 0.15) is 0 Å². The van der Waals surface area contributed by atoms with Crippen LogP contribution in [0, 0.1) is 11.8 Å². The molecular formula is C11H19O7P. The van der Waals surface area contributed by atoms with Crippen LogP contribution in [-0.2, 0) is 32.7 Å². The molecular weight excluding hydrogens is 275 g/mol. The van der Waals surface area contributed by atoms with Gasteiger partial charge >= 0.3 is 19.5 Å². The lowest BCUT2D eigenvalue weighted by Crippen LogP contribution is -2.10. The van der Waals surface area contributed by atoms with Gasteiger partial charge in [-0.3, -0.25) is 14.2 Å². The van der Waals surface area contributed by atoms with Gasteiger partial charge in [0.2, 0.25) is 0 Å². The van der Waals surface area contributed by atoms with Crippen molar-refractivity contribution in [2.45, 2.75) is 19.5 Å². The molecule has 19 heavy (non-hydrogen) atoms. The van der Waals surface area contributed by atoms with E-state index >= 15 is 0 Å². The van der Waals surface area contributed by atoms with Crippen LogP contribution in [0.4, 0.5) is 0 Å². The summed E-state index contributed by atoms with van der Waals surface area (Å²) in [4.78, 5) is 23.2. The minimum absolute atomic E-state index is 0.162. The lowest BCUT2D eigenvalue weighted by Gasteiger charge is -2.16. The molecule has 1 rings (SSSR count). The number of carbonyl (C=O) groups excluding carboxylic acids is 2. The van der Waals surface area contributed by atoms with Gasteiger partial charge in [0.25, 0.3) is 0 Å². The van der Waals surface area contributed by atoms with Gasteiger partial charge in [0.05, 0.1) is 44.9 Å². The van der Waals surface area contributed by atoms with Crippen molar-refractivity contribution in [1.29, 1.82) is 0 Å². The zero-order chi connectivity index (χ0) is 14.6. The summed E-state index contributed by atoms with van der Waals surface area (Å²) < 4.78 is 32.1. The molecule has 0 radical (unpaired) electrons. The predicted octanol–water partition coefficient (Wildman–Crippen LogP) is 1.21. The molecule has 0 spiro atoms. The first kappa shape index (κ1) is 16.1. The molecule has 0 aromatic carbocycles. The summed E-state index contributed by atoms with van der Waals surface area (Å²) in [5.41, 5.74) is -0.827. The first-order valence-electron chi connectivity index (χ1n) is 6.01. The van der Waals surface area contributed by atoms with Crippen LogP contribution in [0.1, 0.15) is 13.8 Å². The fourth-order valence-electron chi connectivity index (χ4n) is 2.10. The molecule has 110 valence electrons. The lowest BCUT2D eigenvalue weighted by molar-refractivity contribution is -0.148. The maximum absolute atomic E-state index is 12.6. The van der Waals surface area contributed by atoms with Crippen LogP contribution in [0.2, 0.25) is 0 Å². The third-order valence-corrected chi connectivity index (χ3v) is 5.52. The first-order chi connectivity index (χ1) is 8.96. The van der Waals surface area contributed by atoms with E-state index < -0.39 is 37.0 Å². The molecule has 8 heteroatoms. The monoisotopic (exact) mass is 294 g/mol. The Hall–Kier alpha value is -0.910. The van der Waals surface area contributed by atoms with Gasteiger partial charge < -0.3 is 18.5 Å². The van der Waals surface area contributed by atoms with Gasteiger partial charge in [-0.15, -0.1) is 0 Å². The fourth-order valence-corrected chi connectivity index (χ4v) is 4.54. The Morgan fingerprint density at radius 3 is 1.58 bits per heavy atom. The third kappa shape index (κ3) is 3.16. The van der Waals surface area contributed by atoms with E-state index in [1.807, 2.05) is 0 Å². The van der Waals surface area contributed by atoms with Crippen LogP contribution in [0.25, 0.3) is 0 Å². The summed E-state index contributed by atoms with van der Waals surface area (Å²) in [5.74, 6) is -2.89. The highest BCUT2D eigenvalue weighted by Gasteiger charge is 2.69. The molecule has 0 aliphatic heterocycles. The maximum atomic E-state index is 12.6. The fraction of sp³-hybridized carbons (Fsp3) is 0.818. The lowest BCUT2D eigenvalue weighted by atomic mass is 10.3. The SMILES string of the molecule is CCOP(=O)(OCC)C1C(C(=O)OC)C1C(=O)OC. The number of methoxy groups -OCH3 is 2. The summed E-state index contributed by atoms with van der Waals surface area (Å²) in [5, 5.41) is 0. The number of carbonyl (C=O) groups is 2. The Kier molecular flexibility index (Phi) is 5.52. The molecule has 0 bridgehead atoms. The summed E-state index contributed by atoms with van der Waals surface area (Å²) >= 11 is 0. The Labute approximate surface area is 112 Å². The van der Waals surface area contributed by atoms with Crippen LogP contribution in [0.15, 0.2) is 0 Å². The minimum atomic E-state index is -3.53. The van der Waals surface area contributed by atoms with Crippen molar-refractivity contribution < 1.29 is 32.7 Å². The average molecular weight is 294 g/mol. The van der Waals surface area contributed by atoms with Crippen LogP contribution in [0.3, 0.4) is 0 Å². The summed E-state index contributed by atoms with van der Waals surface area (Å²) in [7, 11) is -1.11. The van der Waals surface area contributed by atoms with Crippen molar-refractivity contribution in [3.63, 3.8) is 0 Å². The van der Waals surface area contributed by atoms with Gasteiger partial charge in [-0.05, 0) is 13.8 Å². The van der Waals surface area contributed by atoms with E-state index in [4.69, 9.17) is 9.05 Å². The molecule has 1 saturated carbocycles. The molecule has 0 N–H and O–H groups in total. The third-order valence-electron chi connectivity index (χ3n) is 2.91. The average Bonchev–Trinajstić information content (AvgIpc) is 3.13. The second kappa shape index (κ2) is 6.50. The zero-order valence-corrected chi connectivity index (χ0v) is 12.3. The Bertz CT molecular complexity index is 363. The molecule has 2 atom stereocenters. The molecule has 7 nitrogen and oxygen atoms in total. The van der Waals surface area contributed by atoms with Gasteiger partial charge in [-0.1, -0.05) is 0 Å². The number of hydrogen-bond acceptors (Lipinski definition) is 7. The number of ether oxygens (including phenoxy) is 2. The molecule has 1 aliphatic carbocycles. The van der Waals surface area contributed by atoms with Crippen LogP contribution in [-0.4, -0.2) is 45.0 Å². The largest absolute Gasteiger partial charge is 0.469 e. The van der Waals surface area contributed by atoms with Crippen LogP contribution in [0.5, 0.6) is 0 Å². The molecule has 1 aliphatic rings. The molecule has 0 saturated heterocycles. The summed E-state index contributed by atoms with van der Waals surface area (Å²) in [6, 6.07) is 0. The van der Waals surface area contributed by atoms with Crippen molar-refractivity contribution in [2.75, 3.05) is 27.4 Å².